The van der Waals surface area contributed by atoms with Gasteiger partial charge in [0.2, 0.25) is 0 Å². The first-order valence-corrected chi connectivity index (χ1v) is 11.3. The van der Waals surface area contributed by atoms with E-state index in [1.807, 2.05) is 12.1 Å². The topological polar surface area (TPSA) is 3.24 Å². The predicted octanol–water partition coefficient (Wildman–Crippen LogP) is 7.02. The van der Waals surface area contributed by atoms with Gasteiger partial charge in [0.15, 0.2) is 0 Å². The Bertz CT molecular complexity index is 752. The van der Waals surface area contributed by atoms with Gasteiger partial charge in [-0.05, 0) is 81.5 Å². The van der Waals surface area contributed by atoms with Crippen molar-refractivity contribution in [3.63, 3.8) is 0 Å². The molecule has 0 aromatic heterocycles. The van der Waals surface area contributed by atoms with Crippen LogP contribution in [-0.2, 0) is 12.8 Å². The van der Waals surface area contributed by atoms with Crippen molar-refractivity contribution >= 4 is 0 Å². The monoisotopic (exact) mass is 417 g/mol. The van der Waals surface area contributed by atoms with Crippen LogP contribution >= 0.6 is 0 Å². The smallest absolute Gasteiger partial charge is 0.301 e. The Balaban J connectivity index is 1.45. The van der Waals surface area contributed by atoms with Crippen molar-refractivity contribution in [1.29, 1.82) is 0 Å². The zero-order valence-corrected chi connectivity index (χ0v) is 18.2. The lowest BCUT2D eigenvalue weighted by molar-refractivity contribution is -0.172. The van der Waals surface area contributed by atoms with Crippen LogP contribution in [0.4, 0.5) is 13.2 Å². The molecule has 0 saturated heterocycles. The second-order valence-electron chi connectivity index (χ2n) is 8.96. The molecule has 2 aromatic rings. The molecule has 4 heteroatoms. The number of benzene rings is 2. The molecule has 0 amide bonds. The molecular weight excluding hydrogens is 383 g/mol. The first-order chi connectivity index (χ1) is 14.3. The number of aryl methyl sites for hydroxylation is 1. The van der Waals surface area contributed by atoms with Crippen molar-refractivity contribution < 1.29 is 13.2 Å². The lowest BCUT2D eigenvalue weighted by atomic mass is 9.94. The SMILES string of the molecule is CC(C)N(CCCc1ccc(C2CCC(C(F)(F)F)C2)cc1)CCc1ccccc1. The molecule has 1 aliphatic rings. The first-order valence-electron chi connectivity index (χ1n) is 11.3. The zero-order chi connectivity index (χ0) is 21.6. The molecule has 2 aromatic carbocycles. The van der Waals surface area contributed by atoms with Crippen molar-refractivity contribution in [2.75, 3.05) is 13.1 Å². The minimum absolute atomic E-state index is 0.0556. The fraction of sp³-hybridized carbons (Fsp3) is 0.538. The molecule has 0 aliphatic heterocycles. The van der Waals surface area contributed by atoms with Gasteiger partial charge in [-0.2, -0.15) is 13.2 Å². The van der Waals surface area contributed by atoms with E-state index in [0.717, 1.165) is 37.9 Å². The summed E-state index contributed by atoms with van der Waals surface area (Å²) >= 11 is 0. The van der Waals surface area contributed by atoms with Gasteiger partial charge in [-0.25, -0.2) is 0 Å². The molecule has 0 bridgehead atoms. The van der Waals surface area contributed by atoms with Crippen molar-refractivity contribution in [2.24, 2.45) is 5.92 Å². The van der Waals surface area contributed by atoms with Crippen LogP contribution in [0.1, 0.15) is 62.1 Å². The van der Waals surface area contributed by atoms with Gasteiger partial charge in [-0.15, -0.1) is 0 Å². The molecule has 1 fully saturated rings. The van der Waals surface area contributed by atoms with Gasteiger partial charge in [0.1, 0.15) is 0 Å². The number of rotatable bonds is 9. The van der Waals surface area contributed by atoms with Crippen molar-refractivity contribution in [3.8, 4) is 0 Å². The van der Waals surface area contributed by atoms with E-state index in [1.54, 1.807) is 0 Å². The summed E-state index contributed by atoms with van der Waals surface area (Å²) < 4.78 is 38.8. The van der Waals surface area contributed by atoms with E-state index in [2.05, 4.69) is 61.2 Å². The second-order valence-corrected chi connectivity index (χ2v) is 8.96. The zero-order valence-electron chi connectivity index (χ0n) is 18.2. The van der Waals surface area contributed by atoms with Crippen LogP contribution in [0.25, 0.3) is 0 Å². The molecule has 30 heavy (non-hydrogen) atoms. The molecular formula is C26H34F3N. The molecule has 2 unspecified atom stereocenters. The van der Waals surface area contributed by atoms with E-state index in [9.17, 15) is 13.2 Å². The van der Waals surface area contributed by atoms with Crippen LogP contribution in [0.5, 0.6) is 0 Å². The molecule has 1 nitrogen and oxygen atoms in total. The van der Waals surface area contributed by atoms with E-state index < -0.39 is 12.1 Å². The highest BCUT2D eigenvalue weighted by Gasteiger charge is 2.44. The van der Waals surface area contributed by atoms with Crippen molar-refractivity contribution in [2.45, 2.75) is 70.5 Å². The van der Waals surface area contributed by atoms with E-state index >= 15 is 0 Å². The number of hydrogen-bond acceptors (Lipinski definition) is 1. The summed E-state index contributed by atoms with van der Waals surface area (Å²) in [6.07, 6.45) is 0.272. The maximum absolute atomic E-state index is 12.9. The van der Waals surface area contributed by atoms with Crippen LogP contribution < -0.4 is 0 Å². The van der Waals surface area contributed by atoms with E-state index in [1.165, 1.54) is 11.1 Å². The predicted molar refractivity (Wildman–Crippen MR) is 118 cm³/mol. The molecule has 1 aliphatic carbocycles. The summed E-state index contributed by atoms with van der Waals surface area (Å²) in [6.45, 7) is 6.61. The average Bonchev–Trinajstić information content (AvgIpc) is 3.22. The molecule has 0 heterocycles. The molecule has 2 atom stereocenters. The summed E-state index contributed by atoms with van der Waals surface area (Å²) in [5.74, 6) is -1.07. The van der Waals surface area contributed by atoms with E-state index in [-0.39, 0.29) is 18.8 Å². The van der Waals surface area contributed by atoms with Gasteiger partial charge in [-0.1, -0.05) is 54.6 Å². The molecule has 3 rings (SSSR count). The minimum atomic E-state index is -4.04. The Morgan fingerprint density at radius 2 is 1.53 bits per heavy atom. The van der Waals surface area contributed by atoms with Crippen molar-refractivity contribution in [3.05, 3.63) is 71.3 Å². The van der Waals surface area contributed by atoms with E-state index in [4.69, 9.17) is 0 Å². The van der Waals surface area contributed by atoms with Gasteiger partial charge in [0.05, 0.1) is 5.92 Å². The third-order valence-corrected chi connectivity index (χ3v) is 6.52. The highest BCUT2D eigenvalue weighted by Crippen LogP contribution is 2.45. The van der Waals surface area contributed by atoms with Crippen LogP contribution in [0.2, 0.25) is 0 Å². The number of halogens is 3. The Morgan fingerprint density at radius 1 is 0.867 bits per heavy atom. The number of nitrogens with zero attached hydrogens (tertiary/aromatic N) is 1. The third-order valence-electron chi connectivity index (χ3n) is 6.52. The summed E-state index contributed by atoms with van der Waals surface area (Å²) in [7, 11) is 0. The fourth-order valence-electron chi connectivity index (χ4n) is 4.57. The second kappa shape index (κ2) is 10.5. The maximum atomic E-state index is 12.9. The fourth-order valence-corrected chi connectivity index (χ4v) is 4.57. The Kier molecular flexibility index (Phi) is 7.99. The number of hydrogen-bond donors (Lipinski definition) is 0. The van der Waals surface area contributed by atoms with Gasteiger partial charge in [0, 0.05) is 12.6 Å². The summed E-state index contributed by atoms with van der Waals surface area (Å²) in [5, 5.41) is 0. The van der Waals surface area contributed by atoms with Crippen LogP contribution in [0.15, 0.2) is 54.6 Å². The number of alkyl halides is 3. The Hall–Kier alpha value is -1.81. The standard InChI is InChI=1S/C26H34F3N/c1-20(2)30(18-16-21-7-4-3-5-8-21)17-6-9-22-10-12-23(13-11-22)24-14-15-25(19-24)26(27,28)29/h3-5,7-8,10-13,20,24-25H,6,9,14-19H2,1-2H3. The molecule has 1 saturated carbocycles. The van der Waals surface area contributed by atoms with Crippen molar-refractivity contribution in [1.82, 2.24) is 4.90 Å². The maximum Gasteiger partial charge on any atom is 0.391 e. The normalized spacial score (nSPS) is 19.7. The van der Waals surface area contributed by atoms with Gasteiger partial charge >= 0.3 is 6.18 Å². The minimum Gasteiger partial charge on any atom is -0.301 e. The molecule has 0 spiro atoms. The largest absolute Gasteiger partial charge is 0.391 e. The Morgan fingerprint density at radius 3 is 2.13 bits per heavy atom. The van der Waals surface area contributed by atoms with Gasteiger partial charge < -0.3 is 4.90 Å². The highest BCUT2D eigenvalue weighted by molar-refractivity contribution is 5.26. The summed E-state index contributed by atoms with van der Waals surface area (Å²) in [4.78, 5) is 2.52. The quantitative estimate of drug-likeness (QED) is 0.424. The molecule has 164 valence electrons. The first kappa shape index (κ1) is 22.9. The third kappa shape index (κ3) is 6.60. The van der Waals surface area contributed by atoms with Crippen LogP contribution in [0, 0.1) is 5.92 Å². The van der Waals surface area contributed by atoms with Crippen LogP contribution in [-0.4, -0.2) is 30.2 Å². The molecule has 0 N–H and O–H groups in total. The van der Waals surface area contributed by atoms with Gasteiger partial charge in [-0.3, -0.25) is 0 Å². The average molecular weight is 418 g/mol. The highest BCUT2D eigenvalue weighted by atomic mass is 19.4. The summed E-state index contributed by atoms with van der Waals surface area (Å²) in [5.41, 5.74) is 3.71. The Labute approximate surface area is 179 Å². The van der Waals surface area contributed by atoms with Gasteiger partial charge in [0.25, 0.3) is 0 Å². The molecule has 0 radical (unpaired) electrons. The van der Waals surface area contributed by atoms with E-state index in [0.29, 0.717) is 12.5 Å². The lowest BCUT2D eigenvalue weighted by Crippen LogP contribution is -2.34. The summed E-state index contributed by atoms with van der Waals surface area (Å²) in [6, 6.07) is 19.4. The lowest BCUT2D eigenvalue weighted by Gasteiger charge is -2.26. The van der Waals surface area contributed by atoms with Crippen LogP contribution in [0.3, 0.4) is 0 Å².